The Morgan fingerprint density at radius 1 is 1.25 bits per heavy atom. The lowest BCUT2D eigenvalue weighted by Crippen LogP contribution is -2.10. The first-order valence-electron chi connectivity index (χ1n) is 7.41. The molecule has 0 fully saturated rings. The molecule has 0 aliphatic rings. The summed E-state index contributed by atoms with van der Waals surface area (Å²) in [5.41, 5.74) is 7.18. The molecular weight excluding hydrogens is 328 g/mol. The van der Waals surface area contributed by atoms with E-state index in [0.29, 0.717) is 30.4 Å². The Bertz CT molecular complexity index is 966. The zero-order valence-electron chi connectivity index (χ0n) is 13.2. The summed E-state index contributed by atoms with van der Waals surface area (Å²) in [5, 5.41) is 0.888. The van der Waals surface area contributed by atoms with Gasteiger partial charge < -0.3 is 15.0 Å². The van der Waals surface area contributed by atoms with E-state index < -0.39 is 9.84 Å². The predicted molar refractivity (Wildman–Crippen MR) is 91.6 cm³/mol. The monoisotopic (exact) mass is 346 g/mol. The lowest BCUT2D eigenvalue weighted by Gasteiger charge is -2.08. The molecule has 2 N–H and O–H groups in total. The molecule has 3 rings (SSSR count). The van der Waals surface area contributed by atoms with Gasteiger partial charge in [0.25, 0.3) is 0 Å². The first kappa shape index (κ1) is 16.4. The standard InChI is InChI=1S/C16H18N4O3S/c1-24(21,22)8-7-20-6-5-13-14(20)3-2-4-15(13)23-16-9-12(10-17)18-11-19-16/h2-6,9,11H,7-8,10,17H2,1H3. The van der Waals surface area contributed by atoms with E-state index in [1.807, 2.05) is 35.0 Å². The van der Waals surface area contributed by atoms with Crippen molar-refractivity contribution in [3.63, 3.8) is 0 Å². The molecule has 0 radical (unpaired) electrons. The normalized spacial score (nSPS) is 11.8. The van der Waals surface area contributed by atoms with Crippen LogP contribution in [0.1, 0.15) is 5.69 Å². The third kappa shape index (κ3) is 3.72. The number of aromatic nitrogens is 3. The van der Waals surface area contributed by atoms with Crippen molar-refractivity contribution in [1.82, 2.24) is 14.5 Å². The Morgan fingerprint density at radius 2 is 2.08 bits per heavy atom. The summed E-state index contributed by atoms with van der Waals surface area (Å²) >= 11 is 0. The van der Waals surface area contributed by atoms with Crippen LogP contribution in [0, 0.1) is 0 Å². The Labute approximate surface area is 140 Å². The molecule has 0 aliphatic heterocycles. The van der Waals surface area contributed by atoms with E-state index in [-0.39, 0.29) is 5.75 Å². The molecule has 24 heavy (non-hydrogen) atoms. The highest BCUT2D eigenvalue weighted by atomic mass is 32.2. The highest BCUT2D eigenvalue weighted by molar-refractivity contribution is 7.90. The van der Waals surface area contributed by atoms with Crippen molar-refractivity contribution in [1.29, 1.82) is 0 Å². The van der Waals surface area contributed by atoms with Gasteiger partial charge in [0.15, 0.2) is 0 Å². The largest absolute Gasteiger partial charge is 0.438 e. The number of benzene rings is 1. The summed E-state index contributed by atoms with van der Waals surface area (Å²) in [6.45, 7) is 0.710. The Morgan fingerprint density at radius 3 is 2.83 bits per heavy atom. The molecular formula is C16H18N4O3S. The number of rotatable bonds is 6. The summed E-state index contributed by atoms with van der Waals surface area (Å²) in [6.07, 6.45) is 4.50. The van der Waals surface area contributed by atoms with Crippen molar-refractivity contribution < 1.29 is 13.2 Å². The van der Waals surface area contributed by atoms with Crippen LogP contribution in [0.15, 0.2) is 42.9 Å². The smallest absolute Gasteiger partial charge is 0.222 e. The number of nitrogens with zero attached hydrogens (tertiary/aromatic N) is 3. The lowest BCUT2D eigenvalue weighted by molar-refractivity contribution is 0.465. The number of sulfone groups is 1. The third-order valence-corrected chi connectivity index (χ3v) is 4.52. The fourth-order valence-corrected chi connectivity index (χ4v) is 2.93. The van der Waals surface area contributed by atoms with E-state index in [1.165, 1.54) is 12.6 Å². The fourth-order valence-electron chi connectivity index (χ4n) is 2.40. The third-order valence-electron chi connectivity index (χ3n) is 3.60. The first-order chi connectivity index (χ1) is 11.5. The summed E-state index contributed by atoms with van der Waals surface area (Å²) in [5.74, 6) is 1.15. The van der Waals surface area contributed by atoms with Gasteiger partial charge in [-0.3, -0.25) is 0 Å². The minimum Gasteiger partial charge on any atom is -0.438 e. The molecule has 3 aromatic rings. The lowest BCUT2D eigenvalue weighted by atomic mass is 10.2. The minimum atomic E-state index is -3.02. The second-order valence-electron chi connectivity index (χ2n) is 5.48. The molecule has 0 spiro atoms. The van der Waals surface area contributed by atoms with Gasteiger partial charge in [-0.15, -0.1) is 0 Å². The number of fused-ring (bicyclic) bond motifs is 1. The average molecular weight is 346 g/mol. The van der Waals surface area contributed by atoms with E-state index in [2.05, 4.69) is 9.97 Å². The summed E-state index contributed by atoms with van der Waals surface area (Å²) in [6, 6.07) is 9.22. The van der Waals surface area contributed by atoms with E-state index in [1.54, 1.807) is 6.07 Å². The van der Waals surface area contributed by atoms with Crippen LogP contribution in [0.2, 0.25) is 0 Å². The second kappa shape index (κ2) is 6.58. The average Bonchev–Trinajstić information content (AvgIpc) is 2.97. The van der Waals surface area contributed by atoms with Crippen LogP contribution in [-0.4, -0.2) is 35.0 Å². The molecule has 7 nitrogen and oxygen atoms in total. The topological polar surface area (TPSA) is 100 Å². The molecule has 0 unspecified atom stereocenters. The predicted octanol–water partition coefficient (Wildman–Crippen LogP) is 1.73. The molecule has 1 aromatic carbocycles. The summed E-state index contributed by atoms with van der Waals surface area (Å²) in [7, 11) is -3.02. The first-order valence-corrected chi connectivity index (χ1v) is 9.47. The van der Waals surface area contributed by atoms with Crippen LogP contribution in [0.5, 0.6) is 11.6 Å². The number of ether oxygens (including phenoxy) is 1. The highest BCUT2D eigenvalue weighted by Crippen LogP contribution is 2.30. The van der Waals surface area contributed by atoms with Gasteiger partial charge in [-0.2, -0.15) is 0 Å². The number of nitrogens with two attached hydrogens (primary N) is 1. The quantitative estimate of drug-likeness (QED) is 0.729. The van der Waals surface area contributed by atoms with E-state index in [0.717, 1.165) is 10.9 Å². The van der Waals surface area contributed by atoms with Gasteiger partial charge in [-0.1, -0.05) is 6.07 Å². The van der Waals surface area contributed by atoms with Crippen molar-refractivity contribution >= 4 is 20.7 Å². The maximum absolute atomic E-state index is 11.4. The molecule has 0 saturated carbocycles. The van der Waals surface area contributed by atoms with Crippen LogP contribution in [0.3, 0.4) is 0 Å². The number of hydrogen-bond donors (Lipinski definition) is 1. The van der Waals surface area contributed by atoms with Gasteiger partial charge in [0.1, 0.15) is 21.9 Å². The zero-order valence-corrected chi connectivity index (χ0v) is 14.0. The van der Waals surface area contributed by atoms with Gasteiger partial charge in [-0.25, -0.2) is 18.4 Å². The minimum absolute atomic E-state index is 0.0909. The molecule has 0 aliphatic carbocycles. The van der Waals surface area contributed by atoms with Crippen LogP contribution < -0.4 is 10.5 Å². The molecule has 2 aromatic heterocycles. The zero-order chi connectivity index (χ0) is 17.2. The van der Waals surface area contributed by atoms with Gasteiger partial charge in [0, 0.05) is 37.0 Å². The molecule has 8 heteroatoms. The van der Waals surface area contributed by atoms with E-state index in [9.17, 15) is 8.42 Å². The SMILES string of the molecule is CS(=O)(=O)CCn1ccc2c(Oc3cc(CN)ncn3)cccc21. The molecule has 0 atom stereocenters. The van der Waals surface area contributed by atoms with Gasteiger partial charge in [-0.05, 0) is 18.2 Å². The molecule has 126 valence electrons. The van der Waals surface area contributed by atoms with Gasteiger partial charge in [0.2, 0.25) is 5.88 Å². The summed E-state index contributed by atoms with van der Waals surface area (Å²) < 4.78 is 30.5. The molecule has 0 amide bonds. The van der Waals surface area contributed by atoms with Crippen molar-refractivity contribution in [2.75, 3.05) is 12.0 Å². The van der Waals surface area contributed by atoms with E-state index >= 15 is 0 Å². The number of hydrogen-bond acceptors (Lipinski definition) is 6. The molecule has 0 saturated heterocycles. The maximum atomic E-state index is 11.4. The van der Waals surface area contributed by atoms with Crippen LogP contribution in [0.4, 0.5) is 0 Å². The van der Waals surface area contributed by atoms with Crippen LogP contribution >= 0.6 is 0 Å². The fraction of sp³-hybridized carbons (Fsp3) is 0.250. The van der Waals surface area contributed by atoms with Crippen molar-refractivity contribution in [2.45, 2.75) is 13.1 Å². The van der Waals surface area contributed by atoms with Crippen molar-refractivity contribution in [3.8, 4) is 11.6 Å². The van der Waals surface area contributed by atoms with Crippen molar-refractivity contribution in [3.05, 3.63) is 48.5 Å². The van der Waals surface area contributed by atoms with Gasteiger partial charge in [0.05, 0.1) is 17.0 Å². The highest BCUT2D eigenvalue weighted by Gasteiger charge is 2.10. The summed E-state index contributed by atoms with van der Waals surface area (Å²) in [4.78, 5) is 8.13. The molecule has 2 heterocycles. The van der Waals surface area contributed by atoms with E-state index in [4.69, 9.17) is 10.5 Å². The Hall–Kier alpha value is -2.45. The van der Waals surface area contributed by atoms with Crippen LogP contribution in [-0.2, 0) is 22.9 Å². The molecule has 0 bridgehead atoms. The number of aryl methyl sites for hydroxylation is 1. The maximum Gasteiger partial charge on any atom is 0.222 e. The Balaban J connectivity index is 1.90. The van der Waals surface area contributed by atoms with Crippen molar-refractivity contribution in [2.24, 2.45) is 5.73 Å². The van der Waals surface area contributed by atoms with Crippen LogP contribution in [0.25, 0.3) is 10.9 Å². The second-order valence-corrected chi connectivity index (χ2v) is 7.74. The Kier molecular flexibility index (Phi) is 4.50. The van der Waals surface area contributed by atoms with Gasteiger partial charge >= 0.3 is 0 Å².